The van der Waals surface area contributed by atoms with E-state index in [1.165, 1.54) is 0 Å². The molecule has 2 atom stereocenters. The van der Waals surface area contributed by atoms with Crippen LogP contribution < -0.4 is 0 Å². The van der Waals surface area contributed by atoms with E-state index in [1.807, 2.05) is 11.4 Å². The minimum atomic E-state index is -0.771. The maximum Gasteiger partial charge on any atom is 0.306 e. The van der Waals surface area contributed by atoms with Crippen LogP contribution in [0.5, 0.6) is 0 Å². The number of carbonyl (C=O) groups excluding carboxylic acids is 1. The molecule has 0 spiro atoms. The summed E-state index contributed by atoms with van der Waals surface area (Å²) in [4.78, 5) is 25.2. The fourth-order valence-corrected chi connectivity index (χ4v) is 3.93. The molecule has 110 valence electrons. The first kappa shape index (κ1) is 15.5. The Kier molecular flexibility index (Phi) is 5.21. The molecule has 0 unspecified atom stereocenters. The highest BCUT2D eigenvalue weighted by atomic mass is 79.9. The summed E-state index contributed by atoms with van der Waals surface area (Å²) >= 11 is 5.01. The van der Waals surface area contributed by atoms with Gasteiger partial charge in [0.25, 0.3) is 0 Å². The van der Waals surface area contributed by atoms with Gasteiger partial charge in [-0.1, -0.05) is 6.42 Å². The van der Waals surface area contributed by atoms with Crippen molar-refractivity contribution >= 4 is 39.1 Å². The second-order valence-corrected chi connectivity index (χ2v) is 7.64. The summed E-state index contributed by atoms with van der Waals surface area (Å²) in [7, 11) is 1.79. The van der Waals surface area contributed by atoms with Crippen LogP contribution in [0.4, 0.5) is 0 Å². The molecule has 1 aliphatic rings. The fraction of sp³-hybridized carbons (Fsp3) is 0.571. The highest BCUT2D eigenvalue weighted by Gasteiger charge is 2.32. The average molecular weight is 360 g/mol. The number of halogens is 1. The van der Waals surface area contributed by atoms with Gasteiger partial charge in [-0.05, 0) is 52.2 Å². The Morgan fingerprint density at radius 1 is 1.45 bits per heavy atom. The lowest BCUT2D eigenvalue weighted by Crippen LogP contribution is -2.36. The first-order valence-electron chi connectivity index (χ1n) is 6.68. The normalized spacial score (nSPS) is 22.5. The van der Waals surface area contributed by atoms with E-state index in [0.717, 1.165) is 22.2 Å². The fourth-order valence-electron chi connectivity index (χ4n) is 2.73. The molecule has 1 aliphatic carbocycles. The summed E-state index contributed by atoms with van der Waals surface area (Å²) in [5, 5.41) is 11.1. The quantitative estimate of drug-likeness (QED) is 0.896. The topological polar surface area (TPSA) is 57.6 Å². The predicted molar refractivity (Wildman–Crippen MR) is 81.6 cm³/mol. The number of carboxylic acid groups (broad SMARTS) is 1. The molecule has 1 aromatic rings. The molecule has 0 bridgehead atoms. The molecule has 1 aromatic heterocycles. The summed E-state index contributed by atoms with van der Waals surface area (Å²) < 4.78 is 1.05. The number of amides is 1. The van der Waals surface area contributed by atoms with Crippen molar-refractivity contribution in [2.24, 2.45) is 11.8 Å². The van der Waals surface area contributed by atoms with Gasteiger partial charge in [-0.25, -0.2) is 0 Å². The van der Waals surface area contributed by atoms with Crippen molar-refractivity contribution in [1.82, 2.24) is 4.90 Å². The van der Waals surface area contributed by atoms with E-state index in [-0.39, 0.29) is 17.7 Å². The van der Waals surface area contributed by atoms with E-state index in [0.29, 0.717) is 19.4 Å². The lowest BCUT2D eigenvalue weighted by Gasteiger charge is -2.29. The van der Waals surface area contributed by atoms with E-state index in [1.54, 1.807) is 23.3 Å². The lowest BCUT2D eigenvalue weighted by atomic mass is 9.81. The van der Waals surface area contributed by atoms with Crippen LogP contribution in [0.3, 0.4) is 0 Å². The summed E-state index contributed by atoms with van der Waals surface area (Å²) in [6, 6.07) is 2.01. The van der Waals surface area contributed by atoms with Crippen LogP contribution in [0.15, 0.2) is 15.2 Å². The van der Waals surface area contributed by atoms with Crippen molar-refractivity contribution in [1.29, 1.82) is 0 Å². The van der Waals surface area contributed by atoms with Crippen LogP contribution in [0, 0.1) is 11.8 Å². The Bertz CT molecular complexity index is 502. The third kappa shape index (κ3) is 3.82. The molecule has 0 aliphatic heterocycles. The van der Waals surface area contributed by atoms with Gasteiger partial charge in [0.2, 0.25) is 5.91 Å². The van der Waals surface area contributed by atoms with Gasteiger partial charge >= 0.3 is 5.97 Å². The van der Waals surface area contributed by atoms with Crippen molar-refractivity contribution in [3.63, 3.8) is 0 Å². The molecule has 0 aromatic carbocycles. The van der Waals surface area contributed by atoms with Crippen molar-refractivity contribution in [3.8, 4) is 0 Å². The Morgan fingerprint density at radius 2 is 2.15 bits per heavy atom. The Balaban J connectivity index is 1.94. The number of carbonyl (C=O) groups is 2. The Morgan fingerprint density at radius 3 is 2.75 bits per heavy atom. The standard InChI is InChI=1S/C14H18BrNO3S/c1-16(7-9-5-12(15)20-8-9)13(17)10-3-2-4-11(6-10)14(18)19/h5,8,10-11H,2-4,6-7H2,1H3,(H,18,19)/t10-,11+/m0/s1. The van der Waals surface area contributed by atoms with Crippen molar-refractivity contribution in [3.05, 3.63) is 20.8 Å². The molecule has 1 heterocycles. The van der Waals surface area contributed by atoms with Gasteiger partial charge in [-0.15, -0.1) is 11.3 Å². The molecule has 1 amide bonds. The van der Waals surface area contributed by atoms with Crippen LogP contribution in [0.2, 0.25) is 0 Å². The van der Waals surface area contributed by atoms with Gasteiger partial charge in [0, 0.05) is 19.5 Å². The van der Waals surface area contributed by atoms with Crippen LogP contribution in [0.1, 0.15) is 31.2 Å². The second kappa shape index (κ2) is 6.72. The zero-order valence-electron chi connectivity index (χ0n) is 11.3. The van der Waals surface area contributed by atoms with Gasteiger partial charge in [0.1, 0.15) is 0 Å². The minimum absolute atomic E-state index is 0.0678. The molecule has 20 heavy (non-hydrogen) atoms. The molecule has 2 rings (SSSR count). The van der Waals surface area contributed by atoms with Gasteiger partial charge in [-0.2, -0.15) is 0 Å². The molecule has 6 heteroatoms. The molecular formula is C14H18BrNO3S. The highest BCUT2D eigenvalue weighted by molar-refractivity contribution is 9.11. The average Bonchev–Trinajstić information content (AvgIpc) is 2.83. The smallest absolute Gasteiger partial charge is 0.306 e. The van der Waals surface area contributed by atoms with Crippen molar-refractivity contribution in [2.45, 2.75) is 32.2 Å². The number of carboxylic acids is 1. The number of aliphatic carboxylic acids is 1. The Labute approximate surface area is 130 Å². The minimum Gasteiger partial charge on any atom is -0.481 e. The second-order valence-electron chi connectivity index (χ2n) is 5.35. The largest absolute Gasteiger partial charge is 0.481 e. The van der Waals surface area contributed by atoms with Gasteiger partial charge in [0.05, 0.1) is 9.70 Å². The third-order valence-electron chi connectivity index (χ3n) is 3.79. The maximum absolute atomic E-state index is 12.4. The first-order chi connectivity index (χ1) is 9.47. The maximum atomic E-state index is 12.4. The SMILES string of the molecule is CN(Cc1csc(Br)c1)C(=O)[C@H]1CCC[C@@H](C(=O)O)C1. The van der Waals surface area contributed by atoms with Crippen LogP contribution in [-0.4, -0.2) is 28.9 Å². The van der Waals surface area contributed by atoms with Crippen LogP contribution in [-0.2, 0) is 16.1 Å². The third-order valence-corrected chi connectivity index (χ3v) is 5.34. The summed E-state index contributed by atoms with van der Waals surface area (Å²) in [6.45, 7) is 0.579. The Hall–Kier alpha value is -0.880. The number of thiophene rings is 1. The van der Waals surface area contributed by atoms with Crippen molar-refractivity contribution in [2.75, 3.05) is 7.05 Å². The molecule has 1 fully saturated rings. The highest BCUT2D eigenvalue weighted by Crippen LogP contribution is 2.31. The number of nitrogens with zero attached hydrogens (tertiary/aromatic N) is 1. The molecular weight excluding hydrogens is 342 g/mol. The number of rotatable bonds is 4. The van der Waals surface area contributed by atoms with Crippen LogP contribution in [0.25, 0.3) is 0 Å². The molecule has 0 radical (unpaired) electrons. The predicted octanol–water partition coefficient (Wildman–Crippen LogP) is 3.36. The monoisotopic (exact) mass is 359 g/mol. The number of hydrogen-bond acceptors (Lipinski definition) is 3. The summed E-state index contributed by atoms with van der Waals surface area (Å²) in [5.74, 6) is -1.21. The van der Waals surface area contributed by atoms with E-state index in [4.69, 9.17) is 5.11 Å². The zero-order chi connectivity index (χ0) is 14.7. The molecule has 0 saturated heterocycles. The summed E-state index contributed by atoms with van der Waals surface area (Å²) in [5.41, 5.74) is 1.10. The van der Waals surface area contributed by atoms with E-state index in [2.05, 4.69) is 15.9 Å². The molecule has 1 N–H and O–H groups in total. The lowest BCUT2D eigenvalue weighted by molar-refractivity contribution is -0.145. The van der Waals surface area contributed by atoms with Crippen LogP contribution >= 0.6 is 27.3 Å². The van der Waals surface area contributed by atoms with E-state index < -0.39 is 5.97 Å². The molecule has 1 saturated carbocycles. The van der Waals surface area contributed by atoms with Gasteiger partial charge in [-0.3, -0.25) is 9.59 Å². The zero-order valence-corrected chi connectivity index (χ0v) is 13.7. The van der Waals surface area contributed by atoms with Gasteiger partial charge in [0.15, 0.2) is 0 Å². The van der Waals surface area contributed by atoms with E-state index in [9.17, 15) is 9.59 Å². The van der Waals surface area contributed by atoms with Gasteiger partial charge < -0.3 is 10.0 Å². The number of hydrogen-bond donors (Lipinski definition) is 1. The molecule has 4 nitrogen and oxygen atoms in total. The van der Waals surface area contributed by atoms with Crippen molar-refractivity contribution < 1.29 is 14.7 Å². The summed E-state index contributed by atoms with van der Waals surface area (Å²) in [6.07, 6.45) is 2.80. The first-order valence-corrected chi connectivity index (χ1v) is 8.35. The van der Waals surface area contributed by atoms with E-state index >= 15 is 0 Å².